The summed E-state index contributed by atoms with van der Waals surface area (Å²) in [5.74, 6) is 1.57. The summed E-state index contributed by atoms with van der Waals surface area (Å²) in [7, 11) is 0. The fourth-order valence-electron chi connectivity index (χ4n) is 3.02. The van der Waals surface area contributed by atoms with Gasteiger partial charge in [0.15, 0.2) is 0 Å². The van der Waals surface area contributed by atoms with Gasteiger partial charge in [0.25, 0.3) is 0 Å². The van der Waals surface area contributed by atoms with Crippen LogP contribution in [0.4, 0.5) is 0 Å². The van der Waals surface area contributed by atoms with Gasteiger partial charge >= 0.3 is 0 Å². The van der Waals surface area contributed by atoms with Gasteiger partial charge in [-0.2, -0.15) is 0 Å². The topological polar surface area (TPSA) is 49.4 Å². The van der Waals surface area contributed by atoms with Crippen molar-refractivity contribution in [3.05, 3.63) is 34.9 Å². The highest BCUT2D eigenvalue weighted by molar-refractivity contribution is 7.99. The van der Waals surface area contributed by atoms with Crippen molar-refractivity contribution in [1.29, 1.82) is 0 Å². The Balaban J connectivity index is 1.68. The van der Waals surface area contributed by atoms with E-state index in [1.807, 2.05) is 4.90 Å². The molecule has 2 amide bonds. The largest absolute Gasteiger partial charge is 0.353 e. The van der Waals surface area contributed by atoms with E-state index in [-0.39, 0.29) is 17.9 Å². The van der Waals surface area contributed by atoms with E-state index in [9.17, 15) is 9.59 Å². The Kier molecular flexibility index (Phi) is 6.51. The Morgan fingerprint density at radius 2 is 1.78 bits per heavy atom. The van der Waals surface area contributed by atoms with Crippen molar-refractivity contribution in [2.45, 2.75) is 45.4 Å². The lowest BCUT2D eigenvalue weighted by Crippen LogP contribution is -2.46. The van der Waals surface area contributed by atoms with E-state index in [4.69, 9.17) is 0 Å². The minimum Gasteiger partial charge on any atom is -0.353 e. The lowest BCUT2D eigenvalue weighted by molar-refractivity contribution is -0.130. The van der Waals surface area contributed by atoms with Gasteiger partial charge < -0.3 is 10.2 Å². The number of piperidine rings is 1. The molecule has 126 valence electrons. The third kappa shape index (κ3) is 5.90. The van der Waals surface area contributed by atoms with Crippen LogP contribution in [-0.2, 0) is 15.3 Å². The summed E-state index contributed by atoms with van der Waals surface area (Å²) in [5.41, 5.74) is 3.81. The van der Waals surface area contributed by atoms with Crippen LogP contribution in [0.25, 0.3) is 0 Å². The number of thioether (sulfide) groups is 1. The van der Waals surface area contributed by atoms with Crippen LogP contribution in [0, 0.1) is 13.8 Å². The Hall–Kier alpha value is -1.49. The zero-order valence-electron chi connectivity index (χ0n) is 14.2. The fraction of sp³-hybridized carbons (Fsp3) is 0.556. The molecule has 2 rings (SSSR count). The minimum absolute atomic E-state index is 0.0978. The van der Waals surface area contributed by atoms with Gasteiger partial charge in [0, 0.05) is 31.8 Å². The van der Waals surface area contributed by atoms with Crippen molar-refractivity contribution < 1.29 is 9.59 Å². The first-order valence-corrected chi connectivity index (χ1v) is 9.29. The number of benzene rings is 1. The van der Waals surface area contributed by atoms with Crippen LogP contribution in [0.3, 0.4) is 0 Å². The molecule has 0 saturated carbocycles. The first-order chi connectivity index (χ1) is 10.9. The van der Waals surface area contributed by atoms with E-state index in [1.165, 1.54) is 16.7 Å². The summed E-state index contributed by atoms with van der Waals surface area (Å²) >= 11 is 1.65. The molecule has 0 atom stereocenters. The van der Waals surface area contributed by atoms with Gasteiger partial charge in [-0.15, -0.1) is 11.8 Å². The average molecular weight is 334 g/mol. The van der Waals surface area contributed by atoms with Gasteiger partial charge in [-0.1, -0.05) is 29.3 Å². The number of likely N-dealkylation sites (tertiary alicyclic amines) is 1. The highest BCUT2D eigenvalue weighted by Gasteiger charge is 2.21. The van der Waals surface area contributed by atoms with Crippen molar-refractivity contribution in [2.24, 2.45) is 0 Å². The summed E-state index contributed by atoms with van der Waals surface area (Å²) in [5, 5.41) is 3.09. The molecular formula is C18H26N2O2S. The minimum atomic E-state index is 0.0978. The molecule has 0 aromatic heterocycles. The summed E-state index contributed by atoms with van der Waals surface area (Å²) in [6.45, 7) is 7.29. The predicted octanol–water partition coefficient (Wildman–Crippen LogP) is 2.66. The number of nitrogens with zero attached hydrogens (tertiary/aromatic N) is 1. The van der Waals surface area contributed by atoms with E-state index in [0.717, 1.165) is 31.7 Å². The maximum atomic E-state index is 12.0. The third-order valence-corrected chi connectivity index (χ3v) is 5.09. The molecule has 0 bridgehead atoms. The van der Waals surface area contributed by atoms with Crippen LogP contribution in [0.15, 0.2) is 18.2 Å². The third-order valence-electron chi connectivity index (χ3n) is 4.09. The lowest BCUT2D eigenvalue weighted by Gasteiger charge is -2.31. The molecule has 1 aliphatic heterocycles. The zero-order valence-corrected chi connectivity index (χ0v) is 15.0. The van der Waals surface area contributed by atoms with E-state index in [0.29, 0.717) is 5.75 Å². The van der Waals surface area contributed by atoms with Gasteiger partial charge in [-0.25, -0.2) is 0 Å². The Morgan fingerprint density at radius 1 is 1.17 bits per heavy atom. The van der Waals surface area contributed by atoms with Crippen LogP contribution >= 0.6 is 11.8 Å². The normalized spacial score (nSPS) is 15.5. The van der Waals surface area contributed by atoms with Gasteiger partial charge in [0.05, 0.1) is 5.75 Å². The van der Waals surface area contributed by atoms with Crippen LogP contribution in [0.5, 0.6) is 0 Å². The fourth-order valence-corrected chi connectivity index (χ4v) is 3.80. The maximum Gasteiger partial charge on any atom is 0.230 e. The van der Waals surface area contributed by atoms with E-state index < -0.39 is 0 Å². The molecule has 5 heteroatoms. The quantitative estimate of drug-likeness (QED) is 0.901. The molecule has 1 N–H and O–H groups in total. The highest BCUT2D eigenvalue weighted by Crippen LogP contribution is 2.16. The number of hydrogen-bond acceptors (Lipinski definition) is 3. The van der Waals surface area contributed by atoms with E-state index >= 15 is 0 Å². The standard InChI is InChI=1S/C18H26N2O2S/c1-13-8-14(2)10-16(9-13)11-23-12-18(22)19-17-4-6-20(7-5-17)15(3)21/h8-10,17H,4-7,11-12H2,1-3H3,(H,19,22). The Labute approximate surface area is 143 Å². The SMILES string of the molecule is CC(=O)N1CCC(NC(=O)CSCc2cc(C)cc(C)c2)CC1. The average Bonchev–Trinajstić information content (AvgIpc) is 2.46. The first kappa shape index (κ1) is 17.9. The van der Waals surface area contributed by atoms with Crippen molar-refractivity contribution in [3.63, 3.8) is 0 Å². The molecule has 1 heterocycles. The molecule has 1 aromatic carbocycles. The molecule has 0 aliphatic carbocycles. The van der Waals surface area contributed by atoms with Gasteiger partial charge in [0.2, 0.25) is 11.8 Å². The van der Waals surface area contributed by atoms with Crippen molar-refractivity contribution in [3.8, 4) is 0 Å². The summed E-state index contributed by atoms with van der Waals surface area (Å²) in [6.07, 6.45) is 1.71. The molecule has 0 spiro atoms. The second kappa shape index (κ2) is 8.39. The molecule has 1 fully saturated rings. The van der Waals surface area contributed by atoms with Crippen LogP contribution in [0.1, 0.15) is 36.5 Å². The maximum absolute atomic E-state index is 12.0. The molecule has 1 saturated heterocycles. The number of hydrogen-bond donors (Lipinski definition) is 1. The number of nitrogens with one attached hydrogen (secondary N) is 1. The smallest absolute Gasteiger partial charge is 0.230 e. The molecule has 4 nitrogen and oxygen atoms in total. The number of aryl methyl sites for hydroxylation is 2. The molecule has 23 heavy (non-hydrogen) atoms. The highest BCUT2D eigenvalue weighted by atomic mass is 32.2. The number of rotatable bonds is 5. The predicted molar refractivity (Wildman–Crippen MR) is 95.5 cm³/mol. The lowest BCUT2D eigenvalue weighted by atomic mass is 10.1. The Morgan fingerprint density at radius 3 is 2.35 bits per heavy atom. The molecule has 0 radical (unpaired) electrons. The second-order valence-electron chi connectivity index (χ2n) is 6.34. The van der Waals surface area contributed by atoms with E-state index in [1.54, 1.807) is 18.7 Å². The zero-order chi connectivity index (χ0) is 16.8. The van der Waals surface area contributed by atoms with E-state index in [2.05, 4.69) is 37.4 Å². The molecule has 1 aromatic rings. The number of carbonyl (C=O) groups is 2. The summed E-state index contributed by atoms with van der Waals surface area (Å²) in [4.78, 5) is 25.2. The van der Waals surface area contributed by atoms with Crippen LogP contribution < -0.4 is 5.32 Å². The van der Waals surface area contributed by atoms with Crippen LogP contribution in [0.2, 0.25) is 0 Å². The first-order valence-electron chi connectivity index (χ1n) is 8.14. The van der Waals surface area contributed by atoms with Crippen molar-refractivity contribution in [2.75, 3.05) is 18.8 Å². The second-order valence-corrected chi connectivity index (χ2v) is 7.32. The number of carbonyl (C=O) groups excluding carboxylic acids is 2. The van der Waals surface area contributed by atoms with Gasteiger partial charge in [-0.3, -0.25) is 9.59 Å². The molecular weight excluding hydrogens is 308 g/mol. The number of amides is 2. The van der Waals surface area contributed by atoms with Crippen molar-refractivity contribution in [1.82, 2.24) is 10.2 Å². The van der Waals surface area contributed by atoms with Crippen LogP contribution in [-0.4, -0.2) is 41.6 Å². The summed E-state index contributed by atoms with van der Waals surface area (Å²) < 4.78 is 0. The van der Waals surface area contributed by atoms with Crippen molar-refractivity contribution >= 4 is 23.6 Å². The van der Waals surface area contributed by atoms with Gasteiger partial charge in [-0.05, 0) is 32.3 Å². The molecule has 1 aliphatic rings. The monoisotopic (exact) mass is 334 g/mol. The molecule has 0 unspecified atom stereocenters. The Bertz CT molecular complexity index is 546. The summed E-state index contributed by atoms with van der Waals surface area (Å²) in [6, 6.07) is 6.72. The van der Waals surface area contributed by atoms with Gasteiger partial charge in [0.1, 0.15) is 0 Å².